The largest absolute Gasteiger partial charge is 0.493 e. The van der Waals surface area contributed by atoms with Crippen LogP contribution in [0, 0.1) is 23.6 Å². The van der Waals surface area contributed by atoms with Crippen LogP contribution in [-0.4, -0.2) is 44.7 Å². The molecule has 1 aromatic heterocycles. The molecule has 7 nitrogen and oxygen atoms in total. The maximum absolute atomic E-state index is 14.5. The van der Waals surface area contributed by atoms with Crippen molar-refractivity contribution in [1.29, 1.82) is 0 Å². The van der Waals surface area contributed by atoms with E-state index < -0.39 is 17.7 Å². The smallest absolute Gasteiger partial charge is 0.308 e. The molecule has 5 atom stereocenters. The number of fused-ring (bicyclic) bond motifs is 5. The predicted octanol–water partition coefficient (Wildman–Crippen LogP) is 3.37. The summed E-state index contributed by atoms with van der Waals surface area (Å²) in [6.45, 7) is 0.571. The number of anilines is 3. The molecule has 3 N–H and O–H groups in total. The SMILES string of the molecule is O=C(O)[C@H]1[C@@H]2C[C@H]3[C@H]1Nc1nc(ncc1F)Nc1cccc(c1)OCCS[C@@H]3C2. The third-order valence-corrected chi connectivity index (χ3v) is 7.42. The number of thioether (sulfide) groups is 1. The second-order valence-corrected chi connectivity index (χ2v) is 9.08. The second kappa shape index (κ2) is 7.37. The molecule has 9 heteroatoms. The van der Waals surface area contributed by atoms with Gasteiger partial charge in [0, 0.05) is 28.8 Å². The molecule has 29 heavy (non-hydrogen) atoms. The van der Waals surface area contributed by atoms with Crippen LogP contribution in [0.25, 0.3) is 0 Å². The molecule has 5 rings (SSSR count). The van der Waals surface area contributed by atoms with Crippen molar-refractivity contribution in [1.82, 2.24) is 9.97 Å². The van der Waals surface area contributed by atoms with E-state index in [4.69, 9.17) is 4.74 Å². The minimum atomic E-state index is -0.830. The van der Waals surface area contributed by atoms with Gasteiger partial charge in [0.05, 0.1) is 18.7 Å². The summed E-state index contributed by atoms with van der Waals surface area (Å²) in [6, 6.07) is 7.09. The van der Waals surface area contributed by atoms with Crippen molar-refractivity contribution in [2.24, 2.45) is 17.8 Å². The lowest BCUT2D eigenvalue weighted by Crippen LogP contribution is -2.44. The highest BCUT2D eigenvalue weighted by atomic mass is 32.2. The minimum Gasteiger partial charge on any atom is -0.493 e. The van der Waals surface area contributed by atoms with Crippen LogP contribution in [0.5, 0.6) is 5.75 Å². The van der Waals surface area contributed by atoms with E-state index in [1.54, 1.807) is 0 Å². The lowest BCUT2D eigenvalue weighted by atomic mass is 9.84. The van der Waals surface area contributed by atoms with Crippen molar-refractivity contribution >= 4 is 35.2 Å². The van der Waals surface area contributed by atoms with Crippen LogP contribution in [0.4, 0.5) is 21.8 Å². The van der Waals surface area contributed by atoms with Gasteiger partial charge >= 0.3 is 5.97 Å². The Kier molecular flexibility index (Phi) is 4.69. The maximum Gasteiger partial charge on any atom is 0.308 e. The summed E-state index contributed by atoms with van der Waals surface area (Å²) in [6.07, 6.45) is 2.82. The van der Waals surface area contributed by atoms with Crippen LogP contribution in [0.2, 0.25) is 0 Å². The number of aromatic nitrogens is 2. The average molecular weight is 416 g/mol. The average Bonchev–Trinajstić information content (AvgIpc) is 3.26. The zero-order valence-electron chi connectivity index (χ0n) is 15.5. The highest BCUT2D eigenvalue weighted by Crippen LogP contribution is 2.53. The molecule has 2 saturated carbocycles. The van der Waals surface area contributed by atoms with Crippen LogP contribution in [0.1, 0.15) is 12.8 Å². The third kappa shape index (κ3) is 3.48. The number of halogens is 1. The molecule has 3 aliphatic rings. The van der Waals surface area contributed by atoms with Gasteiger partial charge in [-0.05, 0) is 36.8 Å². The van der Waals surface area contributed by atoms with Crippen molar-refractivity contribution in [3.05, 3.63) is 36.3 Å². The van der Waals surface area contributed by atoms with Gasteiger partial charge in [0.2, 0.25) is 5.95 Å². The lowest BCUT2D eigenvalue weighted by molar-refractivity contribution is -0.143. The van der Waals surface area contributed by atoms with E-state index in [0.29, 0.717) is 11.9 Å². The number of ether oxygens (including phenoxy) is 1. The minimum absolute atomic E-state index is 0.0392. The molecule has 6 bridgehead atoms. The number of nitrogens with zero attached hydrogens (tertiary/aromatic N) is 2. The number of carbonyl (C=O) groups is 1. The van der Waals surface area contributed by atoms with Crippen molar-refractivity contribution < 1.29 is 19.0 Å². The molecule has 0 saturated heterocycles. The number of rotatable bonds is 1. The first-order valence-electron chi connectivity index (χ1n) is 9.72. The number of carboxylic acids is 1. The van der Waals surface area contributed by atoms with Crippen LogP contribution in [-0.2, 0) is 4.79 Å². The summed E-state index contributed by atoms with van der Waals surface area (Å²) < 4.78 is 20.3. The van der Waals surface area contributed by atoms with Gasteiger partial charge in [-0.1, -0.05) is 6.07 Å². The summed E-state index contributed by atoms with van der Waals surface area (Å²) in [7, 11) is 0. The summed E-state index contributed by atoms with van der Waals surface area (Å²) in [5, 5.41) is 16.3. The maximum atomic E-state index is 14.5. The van der Waals surface area contributed by atoms with Gasteiger partial charge in [0.15, 0.2) is 11.6 Å². The first kappa shape index (κ1) is 18.5. The standard InChI is InChI=1S/C20H21FN4O3S/c21-14-9-22-20-23-11-2-1-3-12(8-11)28-4-5-29-15-7-10-6-13(15)17(16(10)19(26)27)24-18(14)25-20/h1-3,8-10,13,15-17H,4-7H2,(H,26,27)(H2,22,23,24,25)/t10-,13-,15-,16+,17-/m1/s1. The van der Waals surface area contributed by atoms with E-state index in [9.17, 15) is 14.3 Å². The monoisotopic (exact) mass is 416 g/mol. The first-order chi connectivity index (χ1) is 14.1. The Labute approximate surface area is 171 Å². The van der Waals surface area contributed by atoms with Gasteiger partial charge in [-0.25, -0.2) is 9.37 Å². The van der Waals surface area contributed by atoms with Gasteiger partial charge in [-0.3, -0.25) is 4.79 Å². The van der Waals surface area contributed by atoms with Crippen molar-refractivity contribution in [3.63, 3.8) is 0 Å². The van der Waals surface area contributed by atoms with Crippen molar-refractivity contribution in [3.8, 4) is 5.75 Å². The molecule has 0 spiro atoms. The number of nitrogens with one attached hydrogen (secondary N) is 2. The fraction of sp³-hybridized carbons (Fsp3) is 0.450. The molecule has 2 fully saturated rings. The number of hydrogen-bond acceptors (Lipinski definition) is 7. The second-order valence-electron chi connectivity index (χ2n) is 7.73. The van der Waals surface area contributed by atoms with E-state index in [1.165, 1.54) is 0 Å². The molecule has 0 amide bonds. The zero-order chi connectivity index (χ0) is 20.0. The number of aliphatic carboxylic acids is 1. The number of benzene rings is 1. The third-order valence-electron chi connectivity index (χ3n) is 6.05. The van der Waals surface area contributed by atoms with Crippen LogP contribution < -0.4 is 15.4 Å². The summed E-state index contributed by atoms with van der Waals surface area (Å²) in [5.74, 6) is 0.130. The molecule has 0 radical (unpaired) electrons. The molecule has 1 aliphatic heterocycles. The van der Waals surface area contributed by atoms with Gasteiger partial charge in [0.1, 0.15) is 5.75 Å². The Morgan fingerprint density at radius 3 is 3.10 bits per heavy atom. The first-order valence-corrected chi connectivity index (χ1v) is 10.8. The van der Waals surface area contributed by atoms with Crippen molar-refractivity contribution in [2.45, 2.75) is 24.1 Å². The van der Waals surface area contributed by atoms with Gasteiger partial charge in [-0.15, -0.1) is 0 Å². The molecule has 2 aliphatic carbocycles. The van der Waals surface area contributed by atoms with E-state index in [1.807, 2.05) is 36.0 Å². The summed E-state index contributed by atoms with van der Waals surface area (Å²) in [5.41, 5.74) is 0.729. The van der Waals surface area contributed by atoms with Crippen LogP contribution in [0.3, 0.4) is 0 Å². The van der Waals surface area contributed by atoms with Gasteiger partial charge in [-0.2, -0.15) is 16.7 Å². The highest BCUT2D eigenvalue weighted by Gasteiger charge is 2.55. The predicted molar refractivity (Wildman–Crippen MR) is 108 cm³/mol. The molecule has 2 aromatic rings. The van der Waals surface area contributed by atoms with E-state index in [0.717, 1.165) is 36.2 Å². The molecule has 1 aromatic carbocycles. The molecular weight excluding hydrogens is 395 g/mol. The highest BCUT2D eigenvalue weighted by molar-refractivity contribution is 7.99. The fourth-order valence-electron chi connectivity index (χ4n) is 4.88. The van der Waals surface area contributed by atoms with Crippen LogP contribution >= 0.6 is 11.8 Å². The molecule has 2 heterocycles. The summed E-state index contributed by atoms with van der Waals surface area (Å²) in [4.78, 5) is 20.2. The zero-order valence-corrected chi connectivity index (χ0v) is 16.4. The number of carboxylic acid groups (broad SMARTS) is 1. The Morgan fingerprint density at radius 1 is 1.34 bits per heavy atom. The molecule has 0 unspecified atom stereocenters. The lowest BCUT2D eigenvalue weighted by Gasteiger charge is -2.34. The summed E-state index contributed by atoms with van der Waals surface area (Å²) >= 11 is 1.82. The van der Waals surface area contributed by atoms with Gasteiger partial charge in [0.25, 0.3) is 0 Å². The normalized spacial score (nSPS) is 30.3. The fourth-order valence-corrected chi connectivity index (χ4v) is 6.28. The van der Waals surface area contributed by atoms with E-state index in [2.05, 4.69) is 20.6 Å². The Morgan fingerprint density at radius 2 is 2.24 bits per heavy atom. The van der Waals surface area contributed by atoms with E-state index >= 15 is 0 Å². The van der Waals surface area contributed by atoms with Crippen molar-refractivity contribution in [2.75, 3.05) is 23.0 Å². The quantitative estimate of drug-likeness (QED) is 0.651. The molecule has 152 valence electrons. The Balaban J connectivity index is 1.51. The topological polar surface area (TPSA) is 96.4 Å². The Hall–Kier alpha value is -2.55. The van der Waals surface area contributed by atoms with Crippen LogP contribution in [0.15, 0.2) is 30.5 Å². The van der Waals surface area contributed by atoms with E-state index in [-0.39, 0.29) is 29.6 Å². The molecular formula is C20H21FN4O3S. The number of hydrogen-bond donors (Lipinski definition) is 3. The Bertz CT molecular complexity index is 946. The van der Waals surface area contributed by atoms with Gasteiger partial charge < -0.3 is 20.5 Å².